The fraction of sp³-hybridized carbons (Fsp3) is 0.250. The zero-order valence-corrected chi connectivity index (χ0v) is 8.87. The van der Waals surface area contributed by atoms with Crippen molar-refractivity contribution in [2.45, 2.75) is 20.0 Å². The van der Waals surface area contributed by atoms with Gasteiger partial charge in [0.05, 0.1) is 5.56 Å². The van der Waals surface area contributed by atoms with Crippen LogP contribution in [0.25, 0.3) is 0 Å². The number of alkyl halides is 2. The molecule has 16 heavy (non-hydrogen) atoms. The van der Waals surface area contributed by atoms with Gasteiger partial charge in [0, 0.05) is 6.42 Å². The van der Waals surface area contributed by atoms with E-state index < -0.39 is 6.61 Å². The Morgan fingerprint density at radius 3 is 2.62 bits per heavy atom. The molecule has 4 heteroatoms. The van der Waals surface area contributed by atoms with Crippen LogP contribution in [0.15, 0.2) is 36.4 Å². The summed E-state index contributed by atoms with van der Waals surface area (Å²) < 4.78 is 28.4. The molecule has 0 aliphatic carbocycles. The summed E-state index contributed by atoms with van der Waals surface area (Å²) in [6.45, 7) is 2.37. The summed E-state index contributed by atoms with van der Waals surface area (Å²) in [4.78, 5) is 11.7. The minimum Gasteiger partial charge on any atom is -0.434 e. The smallest absolute Gasteiger partial charge is 0.387 e. The van der Waals surface area contributed by atoms with Crippen LogP contribution in [-0.4, -0.2) is 12.4 Å². The Morgan fingerprint density at radius 2 is 2.06 bits per heavy atom. The summed E-state index contributed by atoms with van der Waals surface area (Å²) in [5, 5.41) is 0. The normalized spacial score (nSPS) is 10.2. The fourth-order valence-electron chi connectivity index (χ4n) is 1.27. The minimum absolute atomic E-state index is 0.0937. The average Bonchev–Trinajstić information content (AvgIpc) is 2.16. The molecule has 0 spiro atoms. The number of rotatable bonds is 5. The number of Topliss-reactive ketones (excluding diaryl/α,β-unsaturated/α-hetero) is 1. The van der Waals surface area contributed by atoms with E-state index in [1.165, 1.54) is 18.2 Å². The molecule has 0 aliphatic rings. The van der Waals surface area contributed by atoms with E-state index in [-0.39, 0.29) is 23.5 Å². The van der Waals surface area contributed by atoms with Gasteiger partial charge in [-0.15, -0.1) is 0 Å². The Morgan fingerprint density at radius 1 is 1.44 bits per heavy atom. The highest BCUT2D eigenvalue weighted by atomic mass is 19.3. The van der Waals surface area contributed by atoms with Crippen molar-refractivity contribution in [1.82, 2.24) is 0 Å². The first kappa shape index (κ1) is 12.4. The summed E-state index contributed by atoms with van der Waals surface area (Å²) in [7, 11) is 0. The molecule has 0 N–H and O–H groups in total. The SMILES string of the molecule is C=C(C)CC(=O)c1ccccc1OC(F)F. The van der Waals surface area contributed by atoms with Crippen LogP contribution in [0.4, 0.5) is 8.78 Å². The molecule has 0 aromatic heterocycles. The second kappa shape index (κ2) is 5.39. The number of hydrogen-bond donors (Lipinski definition) is 0. The number of ether oxygens (including phenoxy) is 1. The molecule has 0 saturated carbocycles. The van der Waals surface area contributed by atoms with Gasteiger partial charge in [0.25, 0.3) is 0 Å². The van der Waals surface area contributed by atoms with Gasteiger partial charge in [0.1, 0.15) is 5.75 Å². The van der Waals surface area contributed by atoms with Crippen LogP contribution in [0, 0.1) is 0 Å². The van der Waals surface area contributed by atoms with Crippen molar-refractivity contribution in [2.24, 2.45) is 0 Å². The lowest BCUT2D eigenvalue weighted by molar-refractivity contribution is -0.0501. The Balaban J connectivity index is 2.94. The standard InChI is InChI=1S/C12H12F2O2/c1-8(2)7-10(15)9-5-3-4-6-11(9)16-12(13)14/h3-6,12H,1,7H2,2H3. The predicted molar refractivity (Wildman–Crippen MR) is 56.8 cm³/mol. The third kappa shape index (κ3) is 3.46. The first-order chi connectivity index (χ1) is 7.50. The van der Waals surface area contributed by atoms with Gasteiger partial charge in [-0.1, -0.05) is 24.3 Å². The molecule has 0 atom stereocenters. The van der Waals surface area contributed by atoms with Crippen molar-refractivity contribution in [1.29, 1.82) is 0 Å². The van der Waals surface area contributed by atoms with Crippen molar-refractivity contribution < 1.29 is 18.3 Å². The number of carbonyl (C=O) groups is 1. The van der Waals surface area contributed by atoms with Gasteiger partial charge in [0.15, 0.2) is 5.78 Å². The van der Waals surface area contributed by atoms with E-state index in [9.17, 15) is 13.6 Å². The van der Waals surface area contributed by atoms with Crippen molar-refractivity contribution >= 4 is 5.78 Å². The number of halogens is 2. The zero-order valence-electron chi connectivity index (χ0n) is 8.87. The number of para-hydroxylation sites is 1. The van der Waals surface area contributed by atoms with E-state index in [0.29, 0.717) is 5.57 Å². The van der Waals surface area contributed by atoms with Crippen molar-refractivity contribution in [3.05, 3.63) is 42.0 Å². The minimum atomic E-state index is -2.93. The molecule has 0 radical (unpaired) electrons. The number of benzene rings is 1. The Hall–Kier alpha value is -1.71. The van der Waals surface area contributed by atoms with Crippen LogP contribution in [0.1, 0.15) is 23.7 Å². The molecule has 0 saturated heterocycles. The summed E-state index contributed by atoms with van der Waals surface area (Å²) in [6, 6.07) is 5.94. The highest BCUT2D eigenvalue weighted by Crippen LogP contribution is 2.22. The van der Waals surface area contributed by atoms with Gasteiger partial charge in [-0.05, 0) is 19.1 Å². The molecule has 0 bridgehead atoms. The van der Waals surface area contributed by atoms with Crippen LogP contribution in [0.5, 0.6) is 5.75 Å². The zero-order chi connectivity index (χ0) is 12.1. The van der Waals surface area contributed by atoms with Gasteiger partial charge in [0.2, 0.25) is 0 Å². The molecule has 2 nitrogen and oxygen atoms in total. The molecule has 1 rings (SSSR count). The summed E-state index contributed by atoms with van der Waals surface area (Å²) in [5.41, 5.74) is 0.836. The lowest BCUT2D eigenvalue weighted by atomic mass is 10.0. The molecular formula is C12H12F2O2. The second-order valence-corrected chi connectivity index (χ2v) is 3.43. The van der Waals surface area contributed by atoms with E-state index in [2.05, 4.69) is 11.3 Å². The Kier molecular flexibility index (Phi) is 4.17. The van der Waals surface area contributed by atoms with E-state index in [4.69, 9.17) is 0 Å². The molecule has 0 fully saturated rings. The lowest BCUT2D eigenvalue weighted by Crippen LogP contribution is -2.08. The summed E-state index contributed by atoms with van der Waals surface area (Å²) in [6.07, 6.45) is 0.129. The van der Waals surface area contributed by atoms with Crippen LogP contribution < -0.4 is 4.74 Å². The van der Waals surface area contributed by atoms with E-state index in [1.54, 1.807) is 13.0 Å². The maximum absolute atomic E-state index is 12.1. The Labute approximate surface area is 92.5 Å². The van der Waals surface area contributed by atoms with E-state index >= 15 is 0 Å². The maximum atomic E-state index is 12.1. The number of hydrogen-bond acceptors (Lipinski definition) is 2. The molecule has 0 heterocycles. The van der Waals surface area contributed by atoms with Gasteiger partial charge in [-0.3, -0.25) is 4.79 Å². The monoisotopic (exact) mass is 226 g/mol. The highest BCUT2D eigenvalue weighted by Gasteiger charge is 2.14. The second-order valence-electron chi connectivity index (χ2n) is 3.43. The van der Waals surface area contributed by atoms with Crippen molar-refractivity contribution in [2.75, 3.05) is 0 Å². The first-order valence-corrected chi connectivity index (χ1v) is 4.72. The summed E-state index contributed by atoms with van der Waals surface area (Å²) in [5.74, 6) is -0.368. The number of allylic oxidation sites excluding steroid dienone is 1. The van der Waals surface area contributed by atoms with Gasteiger partial charge in [-0.25, -0.2) is 0 Å². The quantitative estimate of drug-likeness (QED) is 0.568. The van der Waals surface area contributed by atoms with Crippen LogP contribution >= 0.6 is 0 Å². The number of carbonyl (C=O) groups excluding carboxylic acids is 1. The molecule has 0 aliphatic heterocycles. The van der Waals surface area contributed by atoms with Crippen LogP contribution in [0.3, 0.4) is 0 Å². The van der Waals surface area contributed by atoms with Crippen LogP contribution in [-0.2, 0) is 0 Å². The lowest BCUT2D eigenvalue weighted by Gasteiger charge is -2.09. The first-order valence-electron chi connectivity index (χ1n) is 4.72. The molecule has 86 valence electrons. The third-order valence-electron chi connectivity index (χ3n) is 1.87. The van der Waals surface area contributed by atoms with Crippen molar-refractivity contribution in [3.8, 4) is 5.75 Å². The molecule has 0 unspecified atom stereocenters. The van der Waals surface area contributed by atoms with Gasteiger partial charge in [-0.2, -0.15) is 8.78 Å². The van der Waals surface area contributed by atoms with Gasteiger partial charge < -0.3 is 4.74 Å². The molecular weight excluding hydrogens is 214 g/mol. The van der Waals surface area contributed by atoms with Crippen molar-refractivity contribution in [3.63, 3.8) is 0 Å². The number of ketones is 1. The fourth-order valence-corrected chi connectivity index (χ4v) is 1.27. The molecule has 1 aromatic rings. The largest absolute Gasteiger partial charge is 0.434 e. The molecule has 0 amide bonds. The predicted octanol–water partition coefficient (Wildman–Crippen LogP) is 3.44. The van der Waals surface area contributed by atoms with Gasteiger partial charge >= 0.3 is 6.61 Å². The third-order valence-corrected chi connectivity index (χ3v) is 1.87. The average molecular weight is 226 g/mol. The highest BCUT2D eigenvalue weighted by molar-refractivity contribution is 5.99. The van der Waals surface area contributed by atoms with Crippen LogP contribution in [0.2, 0.25) is 0 Å². The van der Waals surface area contributed by atoms with E-state index in [0.717, 1.165) is 0 Å². The van der Waals surface area contributed by atoms with E-state index in [1.807, 2.05) is 0 Å². The maximum Gasteiger partial charge on any atom is 0.387 e. The summed E-state index contributed by atoms with van der Waals surface area (Å²) >= 11 is 0. The topological polar surface area (TPSA) is 26.3 Å². The Bertz CT molecular complexity index is 400. The molecule has 1 aromatic carbocycles.